The van der Waals surface area contributed by atoms with E-state index in [9.17, 15) is 9.90 Å². The third-order valence-corrected chi connectivity index (χ3v) is 5.35. The van der Waals surface area contributed by atoms with Crippen LogP contribution in [0.3, 0.4) is 0 Å². The molecule has 0 radical (unpaired) electrons. The molecule has 3 N–H and O–H groups in total. The molecule has 1 amide bonds. The van der Waals surface area contributed by atoms with Crippen LogP contribution in [0.15, 0.2) is 36.8 Å². The third-order valence-electron chi connectivity index (χ3n) is 5.35. The second-order valence-corrected chi connectivity index (χ2v) is 7.74. The van der Waals surface area contributed by atoms with Gasteiger partial charge in [0.25, 0.3) is 0 Å². The Balaban J connectivity index is 1.31. The van der Waals surface area contributed by atoms with Crippen LogP contribution in [0.2, 0.25) is 0 Å². The zero-order valence-corrected chi connectivity index (χ0v) is 15.6. The molecule has 7 heteroatoms. The summed E-state index contributed by atoms with van der Waals surface area (Å²) in [5.74, 6) is 1.39. The van der Waals surface area contributed by atoms with Crippen LogP contribution in [0.5, 0.6) is 0 Å². The molecule has 3 heterocycles. The smallest absolute Gasteiger partial charge is 0.228 e. The van der Waals surface area contributed by atoms with Gasteiger partial charge in [-0.25, -0.2) is 9.97 Å². The summed E-state index contributed by atoms with van der Waals surface area (Å²) in [7, 11) is 0. The van der Waals surface area contributed by atoms with E-state index in [-0.39, 0.29) is 18.4 Å². The molecular weight excluding hydrogens is 354 g/mol. The Bertz CT molecular complexity index is 1040. The first-order valence-electron chi connectivity index (χ1n) is 9.81. The number of hydrogen-bond acceptors (Lipinski definition) is 5. The molecule has 144 valence electrons. The number of fused-ring (bicyclic) bond motifs is 1. The van der Waals surface area contributed by atoms with E-state index < -0.39 is 0 Å². The van der Waals surface area contributed by atoms with Crippen molar-refractivity contribution in [1.29, 1.82) is 0 Å². The zero-order chi connectivity index (χ0) is 19.1. The highest BCUT2D eigenvalue weighted by atomic mass is 16.3. The molecule has 0 bridgehead atoms. The molecule has 28 heavy (non-hydrogen) atoms. The summed E-state index contributed by atoms with van der Waals surface area (Å²) in [4.78, 5) is 20.8. The molecule has 2 saturated carbocycles. The summed E-state index contributed by atoms with van der Waals surface area (Å²) in [5, 5.41) is 15.9. The van der Waals surface area contributed by atoms with E-state index in [0.717, 1.165) is 35.4 Å². The van der Waals surface area contributed by atoms with Gasteiger partial charge in [0.15, 0.2) is 0 Å². The third kappa shape index (κ3) is 3.57. The molecule has 3 aromatic heterocycles. The van der Waals surface area contributed by atoms with Gasteiger partial charge in [0.1, 0.15) is 11.5 Å². The van der Waals surface area contributed by atoms with Crippen LogP contribution in [0.4, 0.5) is 11.5 Å². The van der Waals surface area contributed by atoms with E-state index in [4.69, 9.17) is 0 Å². The highest BCUT2D eigenvalue weighted by Crippen LogP contribution is 2.40. The number of nitrogens with one attached hydrogen (secondary N) is 2. The summed E-state index contributed by atoms with van der Waals surface area (Å²) < 4.78 is 2.02. The number of rotatable bonds is 7. The average molecular weight is 377 g/mol. The van der Waals surface area contributed by atoms with Gasteiger partial charge in [-0.05, 0) is 49.3 Å². The molecule has 2 aliphatic rings. The van der Waals surface area contributed by atoms with Crippen LogP contribution in [0, 0.1) is 5.92 Å². The van der Waals surface area contributed by atoms with Gasteiger partial charge in [-0.3, -0.25) is 4.79 Å². The van der Waals surface area contributed by atoms with Crippen LogP contribution in [0.1, 0.15) is 48.4 Å². The highest BCUT2D eigenvalue weighted by molar-refractivity contribution is 5.93. The second kappa shape index (κ2) is 6.91. The first-order valence-corrected chi connectivity index (χ1v) is 9.81. The molecule has 2 aliphatic carbocycles. The van der Waals surface area contributed by atoms with Crippen molar-refractivity contribution in [2.45, 2.75) is 44.8 Å². The van der Waals surface area contributed by atoms with Crippen molar-refractivity contribution >= 4 is 23.1 Å². The number of aromatic nitrogens is 3. The van der Waals surface area contributed by atoms with Gasteiger partial charge < -0.3 is 20.1 Å². The van der Waals surface area contributed by atoms with Gasteiger partial charge in [-0.2, -0.15) is 0 Å². The van der Waals surface area contributed by atoms with Gasteiger partial charge >= 0.3 is 0 Å². The van der Waals surface area contributed by atoms with E-state index in [0.29, 0.717) is 18.3 Å². The van der Waals surface area contributed by atoms with Gasteiger partial charge in [0.2, 0.25) is 5.91 Å². The van der Waals surface area contributed by atoms with E-state index in [1.807, 2.05) is 22.7 Å². The molecule has 0 unspecified atom stereocenters. The highest BCUT2D eigenvalue weighted by Gasteiger charge is 2.29. The molecule has 5 rings (SSSR count). The Morgan fingerprint density at radius 2 is 2.07 bits per heavy atom. The lowest BCUT2D eigenvalue weighted by molar-refractivity contribution is -0.117. The molecule has 0 aromatic carbocycles. The van der Waals surface area contributed by atoms with Gasteiger partial charge in [-0.1, -0.05) is 0 Å². The van der Waals surface area contributed by atoms with Crippen molar-refractivity contribution in [1.82, 2.24) is 14.4 Å². The minimum Gasteiger partial charge on any atom is -0.392 e. The first kappa shape index (κ1) is 17.2. The maximum atomic E-state index is 11.9. The van der Waals surface area contributed by atoms with Crippen molar-refractivity contribution in [2.24, 2.45) is 5.92 Å². The lowest BCUT2D eigenvalue weighted by atomic mass is 10.1. The number of aliphatic hydroxyl groups excluding tert-OH is 1. The fourth-order valence-corrected chi connectivity index (χ4v) is 3.46. The number of carbonyl (C=O) groups excluding carboxylic acids is 1. The Kier molecular flexibility index (Phi) is 4.24. The quantitative estimate of drug-likeness (QED) is 0.589. The summed E-state index contributed by atoms with van der Waals surface area (Å²) in [6, 6.07) is 5.78. The van der Waals surface area contributed by atoms with E-state index >= 15 is 0 Å². The summed E-state index contributed by atoms with van der Waals surface area (Å²) >= 11 is 0. The lowest BCUT2D eigenvalue weighted by Gasteiger charge is -2.07. The monoisotopic (exact) mass is 377 g/mol. The molecular formula is C21H23N5O2. The molecule has 0 atom stereocenters. The number of amides is 1. The molecule has 0 saturated heterocycles. The normalized spacial score (nSPS) is 16.3. The Morgan fingerprint density at radius 3 is 2.82 bits per heavy atom. The minimum atomic E-state index is -0.0116. The topological polar surface area (TPSA) is 91.6 Å². The van der Waals surface area contributed by atoms with Gasteiger partial charge in [0.05, 0.1) is 18.8 Å². The summed E-state index contributed by atoms with van der Waals surface area (Å²) in [5.41, 5.74) is 4.71. The number of aliphatic hydroxyl groups is 1. The Hall–Kier alpha value is -2.93. The van der Waals surface area contributed by atoms with E-state index in [1.54, 1.807) is 6.20 Å². The number of imidazole rings is 1. The number of carbonyl (C=O) groups is 1. The SMILES string of the molecule is O=C(Nc1cc(NCc2cn3cc(C4CC4)cc(CO)c3n2)ccn1)C1CC1. The maximum Gasteiger partial charge on any atom is 0.228 e. The summed E-state index contributed by atoms with van der Waals surface area (Å²) in [6.07, 6.45) is 10.2. The van der Waals surface area contributed by atoms with Crippen molar-refractivity contribution in [3.05, 3.63) is 53.6 Å². The van der Waals surface area contributed by atoms with E-state index in [2.05, 4.69) is 32.9 Å². The van der Waals surface area contributed by atoms with Crippen LogP contribution in [-0.2, 0) is 17.9 Å². The molecule has 3 aromatic rings. The van der Waals surface area contributed by atoms with Crippen LogP contribution in [0.25, 0.3) is 5.65 Å². The Morgan fingerprint density at radius 1 is 1.21 bits per heavy atom. The fourth-order valence-electron chi connectivity index (χ4n) is 3.46. The van der Waals surface area contributed by atoms with Crippen LogP contribution in [-0.4, -0.2) is 25.4 Å². The number of anilines is 2. The average Bonchev–Trinajstić information content (AvgIpc) is 3.61. The van der Waals surface area contributed by atoms with E-state index in [1.165, 1.54) is 18.4 Å². The standard InChI is InChI=1S/C21H23N5O2/c27-12-16-7-15(13-1-2-13)10-26-11-18(24-20(16)26)9-23-17-5-6-22-19(8-17)25-21(28)14-3-4-14/h5-8,10-11,13-14,27H,1-4,9,12H2,(H2,22,23,25,28). The van der Waals surface area contributed by atoms with Gasteiger partial charge in [0, 0.05) is 41.8 Å². The second-order valence-electron chi connectivity index (χ2n) is 7.74. The zero-order valence-electron chi connectivity index (χ0n) is 15.6. The Labute approximate surface area is 162 Å². The molecule has 2 fully saturated rings. The van der Waals surface area contributed by atoms with Crippen molar-refractivity contribution in [2.75, 3.05) is 10.6 Å². The minimum absolute atomic E-state index is 0.0116. The molecule has 7 nitrogen and oxygen atoms in total. The molecule has 0 aliphatic heterocycles. The predicted octanol–water partition coefficient (Wildman–Crippen LogP) is 3.06. The van der Waals surface area contributed by atoms with Crippen molar-refractivity contribution < 1.29 is 9.90 Å². The predicted molar refractivity (Wildman–Crippen MR) is 106 cm³/mol. The first-order chi connectivity index (χ1) is 13.7. The van der Waals surface area contributed by atoms with Crippen LogP contribution >= 0.6 is 0 Å². The number of hydrogen-bond donors (Lipinski definition) is 3. The summed E-state index contributed by atoms with van der Waals surface area (Å²) in [6.45, 7) is 0.535. The number of pyridine rings is 2. The maximum absolute atomic E-state index is 11.9. The van der Waals surface area contributed by atoms with Crippen molar-refractivity contribution in [3.63, 3.8) is 0 Å². The fraction of sp³-hybridized carbons (Fsp3) is 0.381. The van der Waals surface area contributed by atoms with Crippen molar-refractivity contribution in [3.8, 4) is 0 Å². The number of nitrogens with zero attached hydrogens (tertiary/aromatic N) is 3. The van der Waals surface area contributed by atoms with Gasteiger partial charge in [-0.15, -0.1) is 0 Å². The lowest BCUT2D eigenvalue weighted by Crippen LogP contribution is -2.14. The molecule has 0 spiro atoms. The van der Waals surface area contributed by atoms with Crippen LogP contribution < -0.4 is 10.6 Å². The largest absolute Gasteiger partial charge is 0.392 e.